The molecule has 0 radical (unpaired) electrons. The van der Waals surface area contributed by atoms with Gasteiger partial charge in [0.05, 0.1) is 27.6 Å². The van der Waals surface area contributed by atoms with Gasteiger partial charge >= 0.3 is 5.97 Å². The smallest absolute Gasteiger partial charge is 0.317 e. The predicted molar refractivity (Wildman–Crippen MR) is 51.5 cm³/mol. The lowest BCUT2D eigenvalue weighted by molar-refractivity contribution is -0.342. The molecule has 0 aliphatic carbocycles. The summed E-state index contributed by atoms with van der Waals surface area (Å²) >= 11 is 0. The van der Waals surface area contributed by atoms with E-state index < -0.39 is 33.1 Å². The third-order valence-corrected chi connectivity index (χ3v) is 1.28. The van der Waals surface area contributed by atoms with Gasteiger partial charge in [-0.05, 0) is 0 Å². The van der Waals surface area contributed by atoms with Crippen LogP contribution in [0, 0.1) is 0 Å². The molecule has 0 fully saturated rings. The number of aliphatic hydroxyl groups is 3. The van der Waals surface area contributed by atoms with E-state index in [0.717, 1.165) is 7.11 Å². The number of aliphatic hydroxyl groups excluding tert-OH is 3. The van der Waals surface area contributed by atoms with Crippen LogP contribution in [0.3, 0.4) is 0 Å². The van der Waals surface area contributed by atoms with Crippen LogP contribution >= 0.6 is 7.82 Å². The van der Waals surface area contributed by atoms with Gasteiger partial charge in [0, 0.05) is 7.11 Å². The predicted octanol–water partition coefficient (Wildman–Crippen LogP) is -4.18. The summed E-state index contributed by atoms with van der Waals surface area (Å²) in [5.74, 6) is -0.968. The van der Waals surface area contributed by atoms with E-state index in [-0.39, 0.29) is 6.54 Å². The summed E-state index contributed by atoms with van der Waals surface area (Å²) in [6, 6.07) is 0. The topological polar surface area (TPSA) is 196 Å². The van der Waals surface area contributed by atoms with Crippen LogP contribution in [0.1, 0.15) is 0 Å². The SMILES string of the molecule is CO.NCC(=O)O.O=P([O-])([O-])OCC(O)CO. The van der Waals surface area contributed by atoms with Gasteiger partial charge in [-0.25, -0.2) is 0 Å². The first-order valence-corrected chi connectivity index (χ1v) is 5.51. The third-order valence-electron chi connectivity index (χ3n) is 0.810. The summed E-state index contributed by atoms with van der Waals surface area (Å²) in [4.78, 5) is 28.7. The Hall–Kier alpha value is -0.580. The molecule has 0 heterocycles. The summed E-state index contributed by atoms with van der Waals surface area (Å²) in [5.41, 5.74) is 4.57. The van der Waals surface area contributed by atoms with Crippen molar-refractivity contribution in [3.8, 4) is 0 Å². The van der Waals surface area contributed by atoms with Gasteiger partial charge in [0.2, 0.25) is 0 Å². The molecular formula is C6H16NO9P-2. The van der Waals surface area contributed by atoms with Crippen molar-refractivity contribution in [2.75, 3.05) is 26.9 Å². The number of carbonyl (C=O) groups is 1. The second-order valence-corrected chi connectivity index (χ2v) is 3.33. The van der Waals surface area contributed by atoms with Crippen LogP contribution < -0.4 is 15.5 Å². The maximum absolute atomic E-state index is 9.71. The number of phosphoric ester groups is 1. The number of nitrogens with two attached hydrogens (primary N) is 1. The quantitative estimate of drug-likeness (QED) is 0.307. The fourth-order valence-corrected chi connectivity index (χ4v) is 0.585. The van der Waals surface area contributed by atoms with Crippen molar-refractivity contribution in [2.24, 2.45) is 5.73 Å². The highest BCUT2D eigenvalue weighted by Gasteiger charge is 2.01. The standard InChI is InChI=1S/C3H9O6P.C2H5NO2.CH4O/c4-1-3(5)2-9-10(6,7)8;3-1-2(4)5;1-2/h3-5H,1-2H2,(H2,6,7,8);1,3H2,(H,4,5);2H,1H3/p-2. The maximum atomic E-state index is 9.71. The molecule has 6 N–H and O–H groups in total. The lowest BCUT2D eigenvalue weighted by Gasteiger charge is -2.29. The molecule has 1 atom stereocenters. The molecule has 106 valence electrons. The molecule has 0 saturated carbocycles. The number of carboxylic acids is 1. The zero-order chi connectivity index (χ0) is 14.5. The molecule has 0 aromatic heterocycles. The van der Waals surface area contributed by atoms with Crippen molar-refractivity contribution in [3.63, 3.8) is 0 Å². The Morgan fingerprint density at radius 2 is 1.82 bits per heavy atom. The number of aliphatic carboxylic acids is 1. The van der Waals surface area contributed by atoms with Crippen molar-refractivity contribution < 1.29 is 44.1 Å². The number of hydrogen-bond donors (Lipinski definition) is 5. The van der Waals surface area contributed by atoms with Crippen LogP contribution in [0.25, 0.3) is 0 Å². The van der Waals surface area contributed by atoms with E-state index in [9.17, 15) is 19.1 Å². The second-order valence-electron chi connectivity index (χ2n) is 2.18. The first-order valence-electron chi connectivity index (χ1n) is 4.05. The maximum Gasteiger partial charge on any atom is 0.317 e. The molecule has 11 heteroatoms. The Morgan fingerprint density at radius 3 is 2.00 bits per heavy atom. The minimum Gasteiger partial charge on any atom is -0.790 e. The number of phosphoric acid groups is 1. The largest absolute Gasteiger partial charge is 0.790 e. The van der Waals surface area contributed by atoms with E-state index in [2.05, 4.69) is 10.3 Å². The van der Waals surface area contributed by atoms with Gasteiger partial charge in [-0.1, -0.05) is 0 Å². The van der Waals surface area contributed by atoms with E-state index in [1.54, 1.807) is 0 Å². The molecule has 0 aromatic rings. The molecule has 0 aliphatic heterocycles. The Bertz CT molecular complexity index is 218. The van der Waals surface area contributed by atoms with Crippen LogP contribution in [-0.4, -0.2) is 59.4 Å². The Morgan fingerprint density at radius 1 is 1.47 bits per heavy atom. The molecule has 0 rings (SSSR count). The molecule has 0 spiro atoms. The van der Waals surface area contributed by atoms with Crippen LogP contribution in [0.5, 0.6) is 0 Å². The summed E-state index contributed by atoms with van der Waals surface area (Å²) < 4.78 is 13.3. The molecule has 0 bridgehead atoms. The Labute approximate surface area is 97.5 Å². The molecule has 0 aliphatic rings. The van der Waals surface area contributed by atoms with E-state index in [0.29, 0.717) is 0 Å². The van der Waals surface area contributed by atoms with Crippen LogP contribution in [-0.2, 0) is 13.9 Å². The molecule has 10 nitrogen and oxygen atoms in total. The third kappa shape index (κ3) is 31.3. The highest BCUT2D eigenvalue weighted by molar-refractivity contribution is 7.43. The van der Waals surface area contributed by atoms with Gasteiger partial charge in [0.25, 0.3) is 0 Å². The van der Waals surface area contributed by atoms with Gasteiger partial charge in [-0.2, -0.15) is 0 Å². The molecule has 1 unspecified atom stereocenters. The van der Waals surface area contributed by atoms with Crippen molar-refractivity contribution in [1.29, 1.82) is 0 Å². The molecular weight excluding hydrogens is 261 g/mol. The Kier molecular flexibility index (Phi) is 17.2. The zero-order valence-electron chi connectivity index (χ0n) is 9.05. The van der Waals surface area contributed by atoms with Gasteiger partial charge in [-0.3, -0.25) is 4.79 Å². The second kappa shape index (κ2) is 13.5. The van der Waals surface area contributed by atoms with Crippen molar-refractivity contribution in [3.05, 3.63) is 0 Å². The minimum atomic E-state index is -5.00. The first kappa shape index (κ1) is 21.7. The summed E-state index contributed by atoms with van der Waals surface area (Å²) in [7, 11) is -4.00. The van der Waals surface area contributed by atoms with Gasteiger partial charge < -0.3 is 45.0 Å². The average molecular weight is 277 g/mol. The van der Waals surface area contributed by atoms with E-state index >= 15 is 0 Å². The molecule has 0 saturated heterocycles. The minimum absolute atomic E-state index is 0.278. The van der Waals surface area contributed by atoms with Crippen LogP contribution in [0.4, 0.5) is 0 Å². The fraction of sp³-hybridized carbons (Fsp3) is 0.833. The number of rotatable bonds is 5. The molecule has 0 amide bonds. The lowest BCUT2D eigenvalue weighted by Crippen LogP contribution is -2.24. The van der Waals surface area contributed by atoms with Crippen molar-refractivity contribution in [2.45, 2.75) is 6.10 Å². The van der Waals surface area contributed by atoms with Crippen molar-refractivity contribution in [1.82, 2.24) is 0 Å². The van der Waals surface area contributed by atoms with Crippen LogP contribution in [0.15, 0.2) is 0 Å². The van der Waals surface area contributed by atoms with E-state index in [1.807, 2.05) is 0 Å². The molecule has 0 aromatic carbocycles. The first-order chi connectivity index (χ1) is 7.72. The van der Waals surface area contributed by atoms with Crippen molar-refractivity contribution >= 4 is 13.8 Å². The van der Waals surface area contributed by atoms with Gasteiger partial charge in [0.1, 0.15) is 6.10 Å². The highest BCUT2D eigenvalue weighted by atomic mass is 31.2. The lowest BCUT2D eigenvalue weighted by atomic mass is 10.4. The Balaban J connectivity index is -0.000000236. The molecule has 17 heavy (non-hydrogen) atoms. The number of hydrogen-bond acceptors (Lipinski definition) is 9. The van der Waals surface area contributed by atoms with Crippen LogP contribution in [0.2, 0.25) is 0 Å². The van der Waals surface area contributed by atoms with E-state index in [4.69, 9.17) is 20.4 Å². The fourth-order valence-electron chi connectivity index (χ4n) is 0.230. The normalized spacial score (nSPS) is 11.5. The monoisotopic (exact) mass is 277 g/mol. The van der Waals surface area contributed by atoms with Gasteiger partial charge in [0.15, 0.2) is 0 Å². The zero-order valence-corrected chi connectivity index (χ0v) is 9.95. The van der Waals surface area contributed by atoms with E-state index in [1.165, 1.54) is 0 Å². The summed E-state index contributed by atoms with van der Waals surface area (Å²) in [5, 5.41) is 31.2. The highest BCUT2D eigenvalue weighted by Crippen LogP contribution is 2.24. The average Bonchev–Trinajstić information content (AvgIpc) is 2.28. The summed E-state index contributed by atoms with van der Waals surface area (Å²) in [6.45, 7) is -1.61. The number of carboxylic acid groups (broad SMARTS) is 1. The summed E-state index contributed by atoms with van der Waals surface area (Å²) in [6.07, 6.45) is -1.32. The van der Waals surface area contributed by atoms with Gasteiger partial charge in [-0.15, -0.1) is 0 Å².